The molecule has 0 aliphatic rings. The first kappa shape index (κ1) is 12.9. The summed E-state index contributed by atoms with van der Waals surface area (Å²) < 4.78 is 4.94. The van der Waals surface area contributed by atoms with E-state index in [1.807, 2.05) is 30.4 Å². The molecule has 1 rings (SSSR count). The fraction of sp³-hybridized carbons (Fsp3) is 0.385. The Balaban J connectivity index is 2.56. The lowest BCUT2D eigenvalue weighted by Crippen LogP contribution is -2.19. The molecule has 0 radical (unpaired) electrons. The molecule has 1 unspecified atom stereocenters. The predicted molar refractivity (Wildman–Crippen MR) is 65.9 cm³/mol. The number of benzene rings is 1. The molecule has 0 saturated heterocycles. The van der Waals surface area contributed by atoms with Gasteiger partial charge in [0, 0.05) is 7.11 Å². The van der Waals surface area contributed by atoms with Gasteiger partial charge >= 0.3 is 0 Å². The summed E-state index contributed by atoms with van der Waals surface area (Å²) in [4.78, 5) is 0. The maximum Gasteiger partial charge on any atom is 0.102 e. The van der Waals surface area contributed by atoms with E-state index in [9.17, 15) is 0 Å². The Morgan fingerprint density at radius 1 is 1.50 bits per heavy atom. The first-order chi connectivity index (χ1) is 7.72. The van der Waals surface area contributed by atoms with E-state index in [-0.39, 0.29) is 0 Å². The molecule has 0 aliphatic carbocycles. The minimum absolute atomic E-state index is 0.589. The summed E-state index contributed by atoms with van der Waals surface area (Å²) >= 11 is 0. The summed E-state index contributed by atoms with van der Waals surface area (Å²) in [5.41, 5.74) is 7.63. The minimum Gasteiger partial charge on any atom is -0.381 e. The Morgan fingerprint density at radius 3 is 3.00 bits per heavy atom. The molecule has 1 atom stereocenters. The van der Waals surface area contributed by atoms with Gasteiger partial charge in [0.2, 0.25) is 0 Å². The normalized spacial score (nSPS) is 13.2. The van der Waals surface area contributed by atoms with Crippen molar-refractivity contribution in [1.29, 1.82) is 0 Å². The molecule has 0 fully saturated rings. The van der Waals surface area contributed by atoms with Crippen LogP contribution in [0.25, 0.3) is 6.08 Å². The van der Waals surface area contributed by atoms with Crippen molar-refractivity contribution in [3.63, 3.8) is 0 Å². The van der Waals surface area contributed by atoms with Crippen molar-refractivity contribution in [2.75, 3.05) is 13.7 Å². The maximum absolute atomic E-state index is 9.00. The Kier molecular flexibility index (Phi) is 5.78. The topological polar surface area (TPSA) is 55.5 Å². The van der Waals surface area contributed by atoms with Crippen LogP contribution in [-0.2, 0) is 11.2 Å². The van der Waals surface area contributed by atoms with Crippen LogP contribution in [0.4, 0.5) is 0 Å². The second kappa shape index (κ2) is 7.17. The van der Waals surface area contributed by atoms with Crippen LogP contribution in [0, 0.1) is 0 Å². The van der Waals surface area contributed by atoms with E-state index in [4.69, 9.17) is 15.6 Å². The Hall–Kier alpha value is -1.16. The number of hydrogen-bond donors (Lipinski definition) is 2. The van der Waals surface area contributed by atoms with Gasteiger partial charge in [0.1, 0.15) is 6.23 Å². The summed E-state index contributed by atoms with van der Waals surface area (Å²) in [5, 5.41) is 9.00. The first-order valence-electron chi connectivity index (χ1n) is 5.40. The van der Waals surface area contributed by atoms with Crippen molar-refractivity contribution in [3.05, 3.63) is 41.5 Å². The van der Waals surface area contributed by atoms with Crippen molar-refractivity contribution in [3.8, 4) is 0 Å². The highest BCUT2D eigenvalue weighted by molar-refractivity contribution is 5.50. The van der Waals surface area contributed by atoms with Gasteiger partial charge in [0.15, 0.2) is 0 Å². The third kappa shape index (κ3) is 5.07. The largest absolute Gasteiger partial charge is 0.381 e. The summed E-state index contributed by atoms with van der Waals surface area (Å²) in [6.07, 6.45) is 4.64. The van der Waals surface area contributed by atoms with Gasteiger partial charge in [-0.25, -0.2) is 0 Å². The van der Waals surface area contributed by atoms with Crippen molar-refractivity contribution >= 4 is 6.08 Å². The lowest BCUT2D eigenvalue weighted by molar-refractivity contribution is 0.172. The molecule has 1 aromatic carbocycles. The zero-order chi connectivity index (χ0) is 11.8. The van der Waals surface area contributed by atoms with E-state index in [0.29, 0.717) is 13.0 Å². The number of ether oxygens (including phenoxy) is 1. The molecule has 0 saturated carbocycles. The number of methoxy groups -OCH3 is 1. The zero-order valence-electron chi connectivity index (χ0n) is 9.60. The summed E-state index contributed by atoms with van der Waals surface area (Å²) in [5.74, 6) is 0. The fourth-order valence-corrected chi connectivity index (χ4v) is 1.45. The third-order valence-electron chi connectivity index (χ3n) is 2.25. The minimum atomic E-state index is -0.729. The van der Waals surface area contributed by atoms with E-state index in [1.165, 1.54) is 5.56 Å². The molecule has 0 heterocycles. The standard InChI is InChI=1S/C13H19NO2/c1-16-9-3-6-11-4-2-5-12(10-11)7-8-13(14)15/h2-6,10,13,15H,7-9,14H2,1H3/b6-3+. The van der Waals surface area contributed by atoms with Gasteiger partial charge in [0.05, 0.1) is 6.61 Å². The monoisotopic (exact) mass is 221 g/mol. The highest BCUT2D eigenvalue weighted by atomic mass is 16.5. The number of hydrogen-bond acceptors (Lipinski definition) is 3. The number of aliphatic hydroxyl groups excluding tert-OH is 1. The van der Waals surface area contributed by atoms with E-state index in [1.54, 1.807) is 7.11 Å². The van der Waals surface area contributed by atoms with Gasteiger partial charge in [-0.2, -0.15) is 0 Å². The van der Waals surface area contributed by atoms with Crippen molar-refractivity contribution in [2.24, 2.45) is 5.73 Å². The van der Waals surface area contributed by atoms with Gasteiger partial charge in [-0.05, 0) is 24.0 Å². The second-order valence-electron chi connectivity index (χ2n) is 3.71. The van der Waals surface area contributed by atoms with E-state index in [0.717, 1.165) is 12.0 Å². The molecule has 16 heavy (non-hydrogen) atoms. The van der Waals surface area contributed by atoms with Gasteiger partial charge < -0.3 is 15.6 Å². The molecule has 88 valence electrons. The molecule has 0 amide bonds. The Bertz CT molecular complexity index is 334. The Labute approximate surface area is 96.5 Å². The van der Waals surface area contributed by atoms with Crippen LogP contribution in [0.5, 0.6) is 0 Å². The lowest BCUT2D eigenvalue weighted by Gasteiger charge is -2.05. The molecule has 3 N–H and O–H groups in total. The van der Waals surface area contributed by atoms with Gasteiger partial charge in [0.25, 0.3) is 0 Å². The first-order valence-corrected chi connectivity index (χ1v) is 5.40. The van der Waals surface area contributed by atoms with Crippen LogP contribution < -0.4 is 5.73 Å². The average Bonchev–Trinajstić information content (AvgIpc) is 2.27. The molecular weight excluding hydrogens is 202 g/mol. The quantitative estimate of drug-likeness (QED) is 0.717. The molecule has 0 spiro atoms. The number of nitrogens with two attached hydrogens (primary N) is 1. The SMILES string of the molecule is COC/C=C/c1cccc(CCC(N)O)c1. The number of rotatable bonds is 6. The summed E-state index contributed by atoms with van der Waals surface area (Å²) in [6.45, 7) is 0.617. The van der Waals surface area contributed by atoms with E-state index in [2.05, 4.69) is 6.07 Å². The van der Waals surface area contributed by atoms with Gasteiger partial charge in [-0.15, -0.1) is 0 Å². The molecule has 1 aromatic rings. The molecular formula is C13H19NO2. The molecule has 0 bridgehead atoms. The highest BCUT2D eigenvalue weighted by Gasteiger charge is 1.98. The molecule has 3 heteroatoms. The van der Waals surface area contributed by atoms with Crippen LogP contribution in [0.2, 0.25) is 0 Å². The maximum atomic E-state index is 9.00. The van der Waals surface area contributed by atoms with Crippen LogP contribution in [0.3, 0.4) is 0 Å². The van der Waals surface area contributed by atoms with Crippen LogP contribution >= 0.6 is 0 Å². The van der Waals surface area contributed by atoms with Crippen LogP contribution in [-0.4, -0.2) is 25.1 Å². The van der Waals surface area contributed by atoms with Gasteiger partial charge in [-0.1, -0.05) is 36.4 Å². The summed E-state index contributed by atoms with van der Waals surface area (Å²) in [6, 6.07) is 8.17. The number of aliphatic hydroxyl groups is 1. The molecule has 0 aromatic heterocycles. The van der Waals surface area contributed by atoms with Crippen molar-refractivity contribution in [1.82, 2.24) is 0 Å². The molecule has 3 nitrogen and oxygen atoms in total. The fourth-order valence-electron chi connectivity index (χ4n) is 1.45. The van der Waals surface area contributed by atoms with Crippen molar-refractivity contribution in [2.45, 2.75) is 19.1 Å². The van der Waals surface area contributed by atoms with Crippen molar-refractivity contribution < 1.29 is 9.84 Å². The average molecular weight is 221 g/mol. The third-order valence-corrected chi connectivity index (χ3v) is 2.25. The Morgan fingerprint density at radius 2 is 2.31 bits per heavy atom. The highest BCUT2D eigenvalue weighted by Crippen LogP contribution is 2.09. The second-order valence-corrected chi connectivity index (χ2v) is 3.71. The van der Waals surface area contributed by atoms with E-state index >= 15 is 0 Å². The zero-order valence-corrected chi connectivity index (χ0v) is 9.60. The van der Waals surface area contributed by atoms with E-state index < -0.39 is 6.23 Å². The number of aryl methyl sites for hydroxylation is 1. The predicted octanol–water partition coefficient (Wildman–Crippen LogP) is 1.56. The van der Waals surface area contributed by atoms with Crippen LogP contribution in [0.1, 0.15) is 17.5 Å². The molecule has 0 aliphatic heterocycles. The van der Waals surface area contributed by atoms with Crippen LogP contribution in [0.15, 0.2) is 30.3 Å². The summed E-state index contributed by atoms with van der Waals surface area (Å²) in [7, 11) is 1.67. The van der Waals surface area contributed by atoms with Gasteiger partial charge in [-0.3, -0.25) is 0 Å². The smallest absolute Gasteiger partial charge is 0.102 e. The lowest BCUT2D eigenvalue weighted by atomic mass is 10.1.